The van der Waals surface area contributed by atoms with E-state index in [2.05, 4.69) is 5.32 Å². The quantitative estimate of drug-likeness (QED) is 0.581. The predicted octanol–water partition coefficient (Wildman–Crippen LogP) is 0.121. The van der Waals surface area contributed by atoms with E-state index in [-0.39, 0.29) is 25.6 Å². The Kier molecular flexibility index (Phi) is 7.28. The van der Waals surface area contributed by atoms with Crippen molar-refractivity contribution in [2.45, 2.75) is 20.3 Å². The molecule has 0 heterocycles. The van der Waals surface area contributed by atoms with Gasteiger partial charge in [0.2, 0.25) is 0 Å². The monoisotopic (exact) mass is 232 g/mol. The van der Waals surface area contributed by atoms with Crippen LogP contribution in [0, 0.1) is 5.92 Å². The average Bonchev–Trinajstić information content (AvgIpc) is 2.25. The first kappa shape index (κ1) is 14.7. The first-order valence-corrected chi connectivity index (χ1v) is 5.40. The lowest BCUT2D eigenvalue weighted by atomic mass is 10.1. The van der Waals surface area contributed by atoms with Gasteiger partial charge in [-0.3, -0.25) is 4.79 Å². The van der Waals surface area contributed by atoms with Crippen molar-refractivity contribution in [3.8, 4) is 0 Å². The molecular weight excluding hydrogens is 212 g/mol. The van der Waals surface area contributed by atoms with Gasteiger partial charge >= 0.3 is 12.0 Å². The molecule has 6 nitrogen and oxygen atoms in total. The number of urea groups is 1. The molecule has 0 rings (SSSR count). The lowest BCUT2D eigenvalue weighted by Gasteiger charge is -2.21. The van der Waals surface area contributed by atoms with E-state index in [1.807, 2.05) is 13.8 Å². The Labute approximate surface area is 95.2 Å². The minimum atomic E-state index is -0.976. The number of rotatable bonds is 7. The third-order valence-corrected chi connectivity index (χ3v) is 2.31. The van der Waals surface area contributed by atoms with E-state index in [0.717, 1.165) is 0 Å². The number of aliphatic hydroxyl groups is 1. The summed E-state index contributed by atoms with van der Waals surface area (Å²) in [5.74, 6) is -1.41. The van der Waals surface area contributed by atoms with Crippen molar-refractivity contribution in [3.63, 3.8) is 0 Å². The molecule has 0 aromatic carbocycles. The lowest BCUT2D eigenvalue weighted by molar-refractivity contribution is -0.138. The second-order valence-corrected chi connectivity index (χ2v) is 3.50. The standard InChI is InChI=1S/C10H20N2O4/c1-3-12(4-2)10(16)11-6-8(7-13)5-9(14)15/h8,13H,3-7H2,1-2H3,(H,11,16)(H,14,15). The molecule has 0 spiro atoms. The summed E-state index contributed by atoms with van der Waals surface area (Å²) in [6.07, 6.45) is -0.144. The predicted molar refractivity (Wildman–Crippen MR) is 59.1 cm³/mol. The molecule has 0 aliphatic heterocycles. The number of carboxylic acid groups (broad SMARTS) is 1. The highest BCUT2D eigenvalue weighted by Gasteiger charge is 2.15. The lowest BCUT2D eigenvalue weighted by Crippen LogP contribution is -2.42. The summed E-state index contributed by atoms with van der Waals surface area (Å²) in [5.41, 5.74) is 0. The molecule has 0 aromatic heterocycles. The van der Waals surface area contributed by atoms with Gasteiger partial charge in [0.1, 0.15) is 0 Å². The first-order chi connectivity index (χ1) is 7.54. The van der Waals surface area contributed by atoms with Crippen LogP contribution >= 0.6 is 0 Å². The Bertz CT molecular complexity index is 229. The molecule has 3 N–H and O–H groups in total. The van der Waals surface area contributed by atoms with Crippen LogP contribution in [0.2, 0.25) is 0 Å². The highest BCUT2D eigenvalue weighted by Crippen LogP contribution is 2.00. The van der Waals surface area contributed by atoms with Gasteiger partial charge in [-0.25, -0.2) is 4.79 Å². The van der Waals surface area contributed by atoms with Gasteiger partial charge in [0.25, 0.3) is 0 Å². The molecular formula is C10H20N2O4. The minimum Gasteiger partial charge on any atom is -0.481 e. The van der Waals surface area contributed by atoms with E-state index < -0.39 is 11.9 Å². The SMILES string of the molecule is CCN(CC)C(=O)NCC(CO)CC(=O)O. The van der Waals surface area contributed by atoms with E-state index in [4.69, 9.17) is 10.2 Å². The molecule has 0 fully saturated rings. The van der Waals surface area contributed by atoms with Gasteiger partial charge in [-0.2, -0.15) is 0 Å². The smallest absolute Gasteiger partial charge is 0.317 e. The van der Waals surface area contributed by atoms with Gasteiger partial charge in [-0.05, 0) is 13.8 Å². The fraction of sp³-hybridized carbons (Fsp3) is 0.800. The van der Waals surface area contributed by atoms with E-state index in [1.54, 1.807) is 4.90 Å². The van der Waals surface area contributed by atoms with Crippen molar-refractivity contribution in [2.24, 2.45) is 5.92 Å². The maximum absolute atomic E-state index is 11.5. The maximum Gasteiger partial charge on any atom is 0.317 e. The van der Waals surface area contributed by atoms with Gasteiger partial charge in [0.15, 0.2) is 0 Å². The second kappa shape index (κ2) is 7.92. The summed E-state index contributed by atoms with van der Waals surface area (Å²) in [6, 6.07) is -0.228. The topological polar surface area (TPSA) is 89.9 Å². The van der Waals surface area contributed by atoms with Gasteiger partial charge in [-0.15, -0.1) is 0 Å². The van der Waals surface area contributed by atoms with E-state index >= 15 is 0 Å². The zero-order chi connectivity index (χ0) is 12.6. The first-order valence-electron chi connectivity index (χ1n) is 5.40. The summed E-state index contributed by atoms with van der Waals surface area (Å²) in [4.78, 5) is 23.5. The molecule has 0 aliphatic rings. The number of carboxylic acids is 1. The summed E-state index contributed by atoms with van der Waals surface area (Å²) < 4.78 is 0. The van der Waals surface area contributed by atoms with Crippen LogP contribution in [0.1, 0.15) is 20.3 Å². The van der Waals surface area contributed by atoms with Crippen molar-refractivity contribution in [1.82, 2.24) is 10.2 Å². The summed E-state index contributed by atoms with van der Waals surface area (Å²) >= 11 is 0. The van der Waals surface area contributed by atoms with E-state index in [1.165, 1.54) is 0 Å². The molecule has 94 valence electrons. The number of amides is 2. The van der Waals surface area contributed by atoms with Crippen molar-refractivity contribution in [3.05, 3.63) is 0 Å². The van der Waals surface area contributed by atoms with Crippen molar-refractivity contribution in [1.29, 1.82) is 0 Å². The fourth-order valence-electron chi connectivity index (χ4n) is 1.30. The zero-order valence-corrected chi connectivity index (χ0v) is 9.77. The maximum atomic E-state index is 11.5. The number of nitrogens with zero attached hydrogens (tertiary/aromatic N) is 1. The Balaban J connectivity index is 4.00. The number of aliphatic hydroxyl groups excluding tert-OH is 1. The molecule has 6 heteroatoms. The summed E-state index contributed by atoms with van der Waals surface area (Å²) in [5, 5.41) is 20.1. The van der Waals surface area contributed by atoms with Crippen LogP contribution in [0.15, 0.2) is 0 Å². The second-order valence-electron chi connectivity index (χ2n) is 3.50. The Morgan fingerprint density at radius 2 is 1.88 bits per heavy atom. The van der Waals surface area contributed by atoms with Crippen molar-refractivity contribution < 1.29 is 19.8 Å². The van der Waals surface area contributed by atoms with Gasteiger partial charge in [0, 0.05) is 32.2 Å². The number of hydrogen-bond donors (Lipinski definition) is 3. The van der Waals surface area contributed by atoms with Crippen LogP contribution < -0.4 is 5.32 Å². The summed E-state index contributed by atoms with van der Waals surface area (Å²) in [6.45, 7) is 4.87. The minimum absolute atomic E-state index is 0.144. The Hall–Kier alpha value is -1.30. The zero-order valence-electron chi connectivity index (χ0n) is 9.77. The Morgan fingerprint density at radius 1 is 1.31 bits per heavy atom. The molecule has 0 aliphatic carbocycles. The van der Waals surface area contributed by atoms with Crippen LogP contribution in [0.5, 0.6) is 0 Å². The average molecular weight is 232 g/mol. The number of carbonyl (C=O) groups excluding carboxylic acids is 1. The van der Waals surface area contributed by atoms with Crippen LogP contribution in [0.4, 0.5) is 4.79 Å². The largest absolute Gasteiger partial charge is 0.481 e. The van der Waals surface area contributed by atoms with Crippen LogP contribution in [0.25, 0.3) is 0 Å². The highest BCUT2D eigenvalue weighted by atomic mass is 16.4. The van der Waals surface area contributed by atoms with Crippen molar-refractivity contribution >= 4 is 12.0 Å². The van der Waals surface area contributed by atoms with E-state index in [9.17, 15) is 9.59 Å². The van der Waals surface area contributed by atoms with Gasteiger partial charge < -0.3 is 20.4 Å². The number of aliphatic carboxylic acids is 1. The fourth-order valence-corrected chi connectivity index (χ4v) is 1.30. The van der Waals surface area contributed by atoms with Crippen LogP contribution in [-0.4, -0.2) is 53.4 Å². The molecule has 2 amide bonds. The molecule has 1 atom stereocenters. The van der Waals surface area contributed by atoms with E-state index in [0.29, 0.717) is 13.1 Å². The molecule has 0 bridgehead atoms. The number of nitrogens with one attached hydrogen (secondary N) is 1. The molecule has 16 heavy (non-hydrogen) atoms. The number of carbonyl (C=O) groups is 2. The molecule has 1 unspecified atom stereocenters. The Morgan fingerprint density at radius 3 is 2.25 bits per heavy atom. The molecule has 0 saturated carbocycles. The van der Waals surface area contributed by atoms with Crippen LogP contribution in [0.3, 0.4) is 0 Å². The normalized spacial score (nSPS) is 11.9. The summed E-state index contributed by atoms with van der Waals surface area (Å²) in [7, 11) is 0. The van der Waals surface area contributed by atoms with Gasteiger partial charge in [0.05, 0.1) is 6.42 Å². The molecule has 0 aromatic rings. The molecule has 0 saturated heterocycles. The highest BCUT2D eigenvalue weighted by molar-refractivity contribution is 5.74. The van der Waals surface area contributed by atoms with Crippen molar-refractivity contribution in [2.75, 3.05) is 26.2 Å². The number of hydrogen-bond acceptors (Lipinski definition) is 3. The third-order valence-electron chi connectivity index (χ3n) is 2.31. The molecule has 0 radical (unpaired) electrons. The van der Waals surface area contributed by atoms with Gasteiger partial charge in [-0.1, -0.05) is 0 Å². The van der Waals surface area contributed by atoms with Crippen LogP contribution in [-0.2, 0) is 4.79 Å². The third kappa shape index (κ3) is 5.55.